The van der Waals surface area contributed by atoms with Gasteiger partial charge in [0.15, 0.2) is 0 Å². The molecule has 1 saturated heterocycles. The third kappa shape index (κ3) is 4.35. The van der Waals surface area contributed by atoms with Crippen LogP contribution in [0.3, 0.4) is 0 Å². The van der Waals surface area contributed by atoms with Crippen molar-refractivity contribution in [1.82, 2.24) is 9.97 Å². The van der Waals surface area contributed by atoms with Gasteiger partial charge >= 0.3 is 0 Å². The first kappa shape index (κ1) is 16.5. The third-order valence-corrected chi connectivity index (χ3v) is 4.21. The standard InChI is InChI=1S/C18H25N5O/c1-24-13-5-8-19-17-14-18(21-15-20-17)23-11-9-22(10-12-23)16-6-3-2-4-7-16/h2-4,6-7,14-15H,5,8-13H2,1H3,(H,19,20,21). The van der Waals surface area contributed by atoms with Crippen LogP contribution in [0.2, 0.25) is 0 Å². The van der Waals surface area contributed by atoms with Crippen molar-refractivity contribution in [2.24, 2.45) is 0 Å². The van der Waals surface area contributed by atoms with Crippen molar-refractivity contribution in [2.45, 2.75) is 6.42 Å². The van der Waals surface area contributed by atoms with Crippen LogP contribution in [0.25, 0.3) is 0 Å². The number of piperazine rings is 1. The van der Waals surface area contributed by atoms with Gasteiger partial charge in [-0.1, -0.05) is 18.2 Å². The molecular formula is C18H25N5O. The predicted octanol–water partition coefficient (Wildman–Crippen LogP) is 2.25. The van der Waals surface area contributed by atoms with Crippen molar-refractivity contribution in [2.75, 3.05) is 61.6 Å². The van der Waals surface area contributed by atoms with Crippen molar-refractivity contribution in [3.8, 4) is 0 Å². The molecule has 0 aliphatic carbocycles. The van der Waals surface area contributed by atoms with Crippen LogP contribution in [-0.4, -0.2) is 56.4 Å². The molecule has 1 aliphatic rings. The number of rotatable bonds is 7. The minimum absolute atomic E-state index is 0.756. The van der Waals surface area contributed by atoms with Crippen molar-refractivity contribution in [1.29, 1.82) is 0 Å². The van der Waals surface area contributed by atoms with Gasteiger partial charge in [-0.05, 0) is 18.6 Å². The van der Waals surface area contributed by atoms with Crippen molar-refractivity contribution in [3.05, 3.63) is 42.7 Å². The largest absolute Gasteiger partial charge is 0.385 e. The summed E-state index contributed by atoms with van der Waals surface area (Å²) in [5.41, 5.74) is 1.29. The van der Waals surface area contributed by atoms with Crippen LogP contribution < -0.4 is 15.1 Å². The summed E-state index contributed by atoms with van der Waals surface area (Å²) in [6, 6.07) is 12.6. The summed E-state index contributed by atoms with van der Waals surface area (Å²) in [5.74, 6) is 1.87. The number of aromatic nitrogens is 2. The second kappa shape index (κ2) is 8.49. The van der Waals surface area contributed by atoms with Gasteiger partial charge in [-0.2, -0.15) is 0 Å². The van der Waals surface area contributed by atoms with E-state index in [1.165, 1.54) is 5.69 Å². The molecule has 24 heavy (non-hydrogen) atoms. The summed E-state index contributed by atoms with van der Waals surface area (Å²) in [6.45, 7) is 5.55. The molecule has 128 valence electrons. The first-order valence-corrected chi connectivity index (χ1v) is 8.46. The number of nitrogens with zero attached hydrogens (tertiary/aromatic N) is 4. The maximum Gasteiger partial charge on any atom is 0.134 e. The lowest BCUT2D eigenvalue weighted by atomic mass is 10.2. The van der Waals surface area contributed by atoms with Crippen LogP contribution in [0, 0.1) is 0 Å². The zero-order valence-electron chi connectivity index (χ0n) is 14.2. The van der Waals surface area contributed by atoms with Crippen LogP contribution in [0.15, 0.2) is 42.7 Å². The molecule has 0 amide bonds. The molecule has 0 bridgehead atoms. The van der Waals surface area contributed by atoms with Crippen LogP contribution in [0.1, 0.15) is 6.42 Å². The fourth-order valence-corrected chi connectivity index (χ4v) is 2.88. The first-order chi connectivity index (χ1) is 11.9. The van der Waals surface area contributed by atoms with Crippen molar-refractivity contribution < 1.29 is 4.74 Å². The number of anilines is 3. The zero-order chi connectivity index (χ0) is 16.6. The number of para-hydroxylation sites is 1. The Labute approximate surface area is 143 Å². The van der Waals surface area contributed by atoms with E-state index >= 15 is 0 Å². The Balaban J connectivity index is 1.54. The fraction of sp³-hybridized carbons (Fsp3) is 0.444. The fourth-order valence-electron chi connectivity index (χ4n) is 2.88. The van der Waals surface area contributed by atoms with E-state index in [2.05, 4.69) is 55.4 Å². The van der Waals surface area contributed by atoms with Crippen molar-refractivity contribution >= 4 is 17.3 Å². The number of methoxy groups -OCH3 is 1. The van der Waals surface area contributed by atoms with Gasteiger partial charge in [0.2, 0.25) is 0 Å². The minimum Gasteiger partial charge on any atom is -0.385 e. The average molecular weight is 327 g/mol. The number of ether oxygens (including phenoxy) is 1. The molecule has 6 heteroatoms. The Bertz CT molecular complexity index is 614. The zero-order valence-corrected chi connectivity index (χ0v) is 14.2. The lowest BCUT2D eigenvalue weighted by molar-refractivity contribution is 0.198. The maximum atomic E-state index is 5.06. The monoisotopic (exact) mass is 327 g/mol. The molecule has 1 fully saturated rings. The molecule has 1 aromatic carbocycles. The van der Waals surface area contributed by atoms with Gasteiger partial charge in [0.25, 0.3) is 0 Å². The Morgan fingerprint density at radius 1 is 1.04 bits per heavy atom. The van der Waals surface area contributed by atoms with Crippen LogP contribution >= 0.6 is 0 Å². The highest BCUT2D eigenvalue weighted by molar-refractivity contribution is 5.52. The lowest BCUT2D eigenvalue weighted by Gasteiger charge is -2.36. The summed E-state index contributed by atoms with van der Waals surface area (Å²) in [4.78, 5) is 13.5. The Morgan fingerprint density at radius 3 is 2.54 bits per heavy atom. The van der Waals surface area contributed by atoms with Gasteiger partial charge < -0.3 is 19.9 Å². The van der Waals surface area contributed by atoms with Gasteiger partial charge in [-0.25, -0.2) is 9.97 Å². The van der Waals surface area contributed by atoms with Crippen LogP contribution in [0.4, 0.5) is 17.3 Å². The van der Waals surface area contributed by atoms with E-state index < -0.39 is 0 Å². The summed E-state index contributed by atoms with van der Waals surface area (Å²) in [6.07, 6.45) is 2.60. The highest BCUT2D eigenvalue weighted by atomic mass is 16.5. The lowest BCUT2D eigenvalue weighted by Crippen LogP contribution is -2.46. The first-order valence-electron chi connectivity index (χ1n) is 8.46. The molecule has 2 heterocycles. The molecule has 6 nitrogen and oxygen atoms in total. The molecule has 0 atom stereocenters. The van der Waals surface area contributed by atoms with Gasteiger partial charge in [0, 0.05) is 58.2 Å². The van der Waals surface area contributed by atoms with Gasteiger partial charge in [-0.15, -0.1) is 0 Å². The van der Waals surface area contributed by atoms with E-state index in [0.717, 1.165) is 57.4 Å². The van der Waals surface area contributed by atoms with Crippen LogP contribution in [0.5, 0.6) is 0 Å². The molecule has 0 spiro atoms. The highest BCUT2D eigenvalue weighted by Gasteiger charge is 2.18. The normalized spacial score (nSPS) is 14.7. The number of nitrogens with one attached hydrogen (secondary N) is 1. The Morgan fingerprint density at radius 2 is 1.79 bits per heavy atom. The van der Waals surface area contributed by atoms with E-state index in [4.69, 9.17) is 4.74 Å². The number of hydrogen-bond acceptors (Lipinski definition) is 6. The minimum atomic E-state index is 0.756. The number of benzene rings is 1. The molecular weight excluding hydrogens is 302 g/mol. The van der Waals surface area contributed by atoms with E-state index in [9.17, 15) is 0 Å². The summed E-state index contributed by atoms with van der Waals surface area (Å²) in [7, 11) is 1.72. The van der Waals surface area contributed by atoms with E-state index in [1.54, 1.807) is 13.4 Å². The molecule has 2 aromatic rings. The topological polar surface area (TPSA) is 53.5 Å². The molecule has 0 saturated carbocycles. The van der Waals surface area contributed by atoms with E-state index in [-0.39, 0.29) is 0 Å². The quantitative estimate of drug-likeness (QED) is 0.787. The van der Waals surface area contributed by atoms with Gasteiger partial charge in [-0.3, -0.25) is 0 Å². The third-order valence-electron chi connectivity index (χ3n) is 4.21. The van der Waals surface area contributed by atoms with E-state index in [0.29, 0.717) is 0 Å². The second-order valence-electron chi connectivity index (χ2n) is 5.84. The SMILES string of the molecule is COCCCNc1cc(N2CCN(c3ccccc3)CC2)ncn1. The Kier molecular flexibility index (Phi) is 5.85. The van der Waals surface area contributed by atoms with Gasteiger partial charge in [0.05, 0.1) is 0 Å². The highest BCUT2D eigenvalue weighted by Crippen LogP contribution is 2.20. The van der Waals surface area contributed by atoms with Gasteiger partial charge in [0.1, 0.15) is 18.0 Å². The van der Waals surface area contributed by atoms with Crippen LogP contribution in [-0.2, 0) is 4.74 Å². The maximum absolute atomic E-state index is 5.06. The molecule has 1 aliphatic heterocycles. The molecule has 0 radical (unpaired) electrons. The predicted molar refractivity (Wildman–Crippen MR) is 97.9 cm³/mol. The van der Waals surface area contributed by atoms with Crippen molar-refractivity contribution in [3.63, 3.8) is 0 Å². The molecule has 0 unspecified atom stereocenters. The molecule has 1 N–H and O–H groups in total. The summed E-state index contributed by atoms with van der Waals surface area (Å²) in [5, 5.41) is 3.33. The second-order valence-corrected chi connectivity index (χ2v) is 5.84. The summed E-state index contributed by atoms with van der Waals surface area (Å²) >= 11 is 0. The average Bonchev–Trinajstić information content (AvgIpc) is 2.66. The molecule has 1 aromatic heterocycles. The number of hydrogen-bond donors (Lipinski definition) is 1. The summed E-state index contributed by atoms with van der Waals surface area (Å²) < 4.78 is 5.06. The smallest absolute Gasteiger partial charge is 0.134 e. The Hall–Kier alpha value is -2.34. The molecule has 3 rings (SSSR count). The van der Waals surface area contributed by atoms with E-state index in [1.807, 2.05) is 6.07 Å².